The van der Waals surface area contributed by atoms with Crippen LogP contribution in [0.25, 0.3) is 0 Å². The van der Waals surface area contributed by atoms with Crippen LogP contribution < -0.4 is 10.6 Å². The molecule has 1 saturated heterocycles. The predicted octanol–water partition coefficient (Wildman–Crippen LogP) is 1.05. The molecule has 0 aromatic heterocycles. The minimum atomic E-state index is -0.838. The SMILES string of the molecule is O=C(CC1CNCCO1)Nc1c(F)cccc1[N+](=O)[O-]. The Kier molecular flexibility index (Phi) is 4.59. The number of hydrogen-bond acceptors (Lipinski definition) is 5. The number of nitrogens with zero attached hydrogens (tertiary/aromatic N) is 1. The van der Waals surface area contributed by atoms with Crippen molar-refractivity contribution < 1.29 is 18.8 Å². The maximum atomic E-state index is 13.6. The zero-order valence-electron chi connectivity index (χ0n) is 10.6. The Morgan fingerprint density at radius 3 is 3.05 bits per heavy atom. The number of amides is 1. The van der Waals surface area contributed by atoms with Crippen molar-refractivity contribution in [3.8, 4) is 0 Å². The minimum Gasteiger partial charge on any atom is -0.375 e. The maximum absolute atomic E-state index is 13.6. The number of nitrogens with one attached hydrogen (secondary N) is 2. The van der Waals surface area contributed by atoms with E-state index in [9.17, 15) is 19.3 Å². The van der Waals surface area contributed by atoms with Crippen LogP contribution in [0, 0.1) is 15.9 Å². The van der Waals surface area contributed by atoms with Crippen molar-refractivity contribution in [1.82, 2.24) is 5.32 Å². The molecule has 108 valence electrons. The van der Waals surface area contributed by atoms with Gasteiger partial charge < -0.3 is 15.4 Å². The summed E-state index contributed by atoms with van der Waals surface area (Å²) in [7, 11) is 0. The highest BCUT2D eigenvalue weighted by Crippen LogP contribution is 2.27. The maximum Gasteiger partial charge on any atom is 0.295 e. The number of ether oxygens (including phenoxy) is 1. The van der Waals surface area contributed by atoms with Crippen LogP contribution in [0.4, 0.5) is 15.8 Å². The second kappa shape index (κ2) is 6.40. The zero-order chi connectivity index (χ0) is 14.5. The molecule has 2 rings (SSSR count). The topological polar surface area (TPSA) is 93.5 Å². The summed E-state index contributed by atoms with van der Waals surface area (Å²) < 4.78 is 18.9. The fourth-order valence-corrected chi connectivity index (χ4v) is 1.94. The highest BCUT2D eigenvalue weighted by molar-refractivity contribution is 5.93. The van der Waals surface area contributed by atoms with Crippen LogP contribution in [0.3, 0.4) is 0 Å². The molecular formula is C12H14FN3O4. The normalized spacial score (nSPS) is 18.6. The van der Waals surface area contributed by atoms with Gasteiger partial charge in [0, 0.05) is 19.2 Å². The third-order valence-corrected chi connectivity index (χ3v) is 2.87. The van der Waals surface area contributed by atoms with Gasteiger partial charge in [0.25, 0.3) is 5.69 Å². The molecule has 0 saturated carbocycles. The first-order chi connectivity index (χ1) is 9.58. The summed E-state index contributed by atoms with van der Waals surface area (Å²) in [5.41, 5.74) is -0.882. The molecule has 1 fully saturated rings. The minimum absolute atomic E-state index is 0.0124. The highest BCUT2D eigenvalue weighted by Gasteiger charge is 2.22. The number of hydrogen-bond donors (Lipinski definition) is 2. The first kappa shape index (κ1) is 14.4. The van der Waals surface area contributed by atoms with Crippen LogP contribution in [0.1, 0.15) is 6.42 Å². The third-order valence-electron chi connectivity index (χ3n) is 2.87. The van der Waals surface area contributed by atoms with Crippen LogP contribution in [0.5, 0.6) is 0 Å². The fraction of sp³-hybridized carbons (Fsp3) is 0.417. The molecule has 1 aliphatic rings. The number of morpholine rings is 1. The van der Waals surface area contributed by atoms with E-state index in [4.69, 9.17) is 4.74 Å². The number of para-hydroxylation sites is 1. The smallest absolute Gasteiger partial charge is 0.295 e. The Morgan fingerprint density at radius 2 is 2.40 bits per heavy atom. The number of carbonyl (C=O) groups excluding carboxylic acids is 1. The van der Waals surface area contributed by atoms with E-state index >= 15 is 0 Å². The molecule has 1 atom stereocenters. The van der Waals surface area contributed by atoms with Gasteiger partial charge in [-0.25, -0.2) is 4.39 Å². The molecule has 1 aromatic rings. The number of anilines is 1. The molecule has 8 heteroatoms. The summed E-state index contributed by atoms with van der Waals surface area (Å²) >= 11 is 0. The van der Waals surface area contributed by atoms with Crippen molar-refractivity contribution in [1.29, 1.82) is 0 Å². The highest BCUT2D eigenvalue weighted by atomic mass is 19.1. The Morgan fingerprint density at radius 1 is 1.60 bits per heavy atom. The largest absolute Gasteiger partial charge is 0.375 e. The lowest BCUT2D eigenvalue weighted by atomic mass is 10.2. The number of rotatable bonds is 4. The predicted molar refractivity (Wildman–Crippen MR) is 68.9 cm³/mol. The van der Waals surface area contributed by atoms with E-state index in [0.717, 1.165) is 18.7 Å². The number of nitro benzene ring substituents is 1. The van der Waals surface area contributed by atoms with Crippen LogP contribution in [-0.4, -0.2) is 36.6 Å². The quantitative estimate of drug-likeness (QED) is 0.636. The van der Waals surface area contributed by atoms with Gasteiger partial charge in [-0.2, -0.15) is 0 Å². The Hall–Kier alpha value is -2.06. The molecule has 0 radical (unpaired) electrons. The van der Waals surface area contributed by atoms with E-state index in [1.54, 1.807) is 0 Å². The van der Waals surface area contributed by atoms with Crippen LogP contribution in [-0.2, 0) is 9.53 Å². The van der Waals surface area contributed by atoms with Crippen molar-refractivity contribution in [3.63, 3.8) is 0 Å². The molecule has 1 unspecified atom stereocenters. The summed E-state index contributed by atoms with van der Waals surface area (Å²) in [6.45, 7) is 1.74. The lowest BCUT2D eigenvalue weighted by Crippen LogP contribution is -2.40. The summed E-state index contributed by atoms with van der Waals surface area (Å²) in [4.78, 5) is 21.9. The van der Waals surface area contributed by atoms with Gasteiger partial charge in [0.1, 0.15) is 0 Å². The molecule has 0 aliphatic carbocycles. The number of benzene rings is 1. The number of carbonyl (C=O) groups is 1. The summed E-state index contributed by atoms with van der Waals surface area (Å²) in [6, 6.07) is 3.41. The number of nitro groups is 1. The van der Waals surface area contributed by atoms with E-state index in [1.807, 2.05) is 0 Å². The molecule has 1 aromatic carbocycles. The van der Waals surface area contributed by atoms with Gasteiger partial charge in [-0.05, 0) is 6.07 Å². The fourth-order valence-electron chi connectivity index (χ4n) is 1.94. The van der Waals surface area contributed by atoms with Crippen molar-refractivity contribution in [3.05, 3.63) is 34.1 Å². The second-order valence-corrected chi connectivity index (χ2v) is 4.34. The Labute approximate surface area is 114 Å². The van der Waals surface area contributed by atoms with E-state index in [1.165, 1.54) is 6.07 Å². The first-order valence-corrected chi connectivity index (χ1v) is 6.13. The molecule has 7 nitrogen and oxygen atoms in total. The van der Waals surface area contributed by atoms with Crippen LogP contribution >= 0.6 is 0 Å². The van der Waals surface area contributed by atoms with Gasteiger partial charge in [-0.3, -0.25) is 14.9 Å². The van der Waals surface area contributed by atoms with E-state index in [2.05, 4.69) is 10.6 Å². The number of halogens is 1. The third kappa shape index (κ3) is 3.49. The van der Waals surface area contributed by atoms with E-state index in [0.29, 0.717) is 13.2 Å². The molecule has 0 bridgehead atoms. The van der Waals surface area contributed by atoms with Gasteiger partial charge >= 0.3 is 0 Å². The second-order valence-electron chi connectivity index (χ2n) is 4.34. The van der Waals surface area contributed by atoms with Crippen LogP contribution in [0.2, 0.25) is 0 Å². The Balaban J connectivity index is 2.05. The molecule has 2 N–H and O–H groups in total. The van der Waals surface area contributed by atoms with E-state index < -0.39 is 28.0 Å². The van der Waals surface area contributed by atoms with Crippen molar-refractivity contribution in [2.75, 3.05) is 25.0 Å². The standard InChI is InChI=1S/C12H14FN3O4/c13-9-2-1-3-10(16(18)19)12(9)15-11(17)6-8-7-14-4-5-20-8/h1-3,8,14H,4-7H2,(H,15,17). The lowest BCUT2D eigenvalue weighted by Gasteiger charge is -2.23. The zero-order valence-corrected chi connectivity index (χ0v) is 10.6. The monoisotopic (exact) mass is 283 g/mol. The molecule has 1 amide bonds. The molecule has 0 spiro atoms. The van der Waals surface area contributed by atoms with Gasteiger partial charge in [0.05, 0.1) is 24.1 Å². The van der Waals surface area contributed by atoms with Crippen LogP contribution in [0.15, 0.2) is 18.2 Å². The van der Waals surface area contributed by atoms with Crippen molar-refractivity contribution in [2.45, 2.75) is 12.5 Å². The van der Waals surface area contributed by atoms with Gasteiger partial charge in [0.15, 0.2) is 11.5 Å². The average Bonchev–Trinajstić information content (AvgIpc) is 2.42. The molecule has 20 heavy (non-hydrogen) atoms. The summed E-state index contributed by atoms with van der Waals surface area (Å²) in [5.74, 6) is -1.36. The summed E-state index contributed by atoms with van der Waals surface area (Å²) in [5, 5.41) is 16.1. The average molecular weight is 283 g/mol. The van der Waals surface area contributed by atoms with Crippen molar-refractivity contribution >= 4 is 17.3 Å². The molecule has 1 heterocycles. The van der Waals surface area contributed by atoms with E-state index in [-0.39, 0.29) is 12.5 Å². The molecule has 1 aliphatic heterocycles. The van der Waals surface area contributed by atoms with Crippen molar-refractivity contribution in [2.24, 2.45) is 0 Å². The first-order valence-electron chi connectivity index (χ1n) is 6.13. The van der Waals surface area contributed by atoms with Gasteiger partial charge in [-0.15, -0.1) is 0 Å². The summed E-state index contributed by atoms with van der Waals surface area (Å²) in [6.07, 6.45) is -0.298. The van der Waals surface area contributed by atoms with Gasteiger partial charge in [0.2, 0.25) is 5.91 Å². The van der Waals surface area contributed by atoms with Gasteiger partial charge in [-0.1, -0.05) is 6.07 Å². The Bertz CT molecular complexity index is 517. The molecular weight excluding hydrogens is 269 g/mol. The lowest BCUT2D eigenvalue weighted by molar-refractivity contribution is -0.384.